The Kier molecular flexibility index (Phi) is 7.09. The summed E-state index contributed by atoms with van der Waals surface area (Å²) in [7, 11) is 0. The molecule has 0 heterocycles. The summed E-state index contributed by atoms with van der Waals surface area (Å²) in [6, 6.07) is 8.87. The zero-order chi connectivity index (χ0) is 14.2. The average Bonchev–Trinajstić information content (AvgIpc) is 2.65. The molecule has 1 aliphatic carbocycles. The Morgan fingerprint density at radius 3 is 2.70 bits per heavy atom. The van der Waals surface area contributed by atoms with E-state index in [0.717, 1.165) is 11.8 Å². The van der Waals surface area contributed by atoms with E-state index in [2.05, 4.69) is 52.4 Å². The molecule has 0 aliphatic heterocycles. The monoisotopic (exact) mass is 337 g/mol. The summed E-state index contributed by atoms with van der Waals surface area (Å²) in [5.74, 6) is 1.72. The third-order valence-electron chi connectivity index (χ3n) is 4.54. The Bertz CT molecular complexity index is 391. The first-order valence-corrected chi connectivity index (χ1v) is 9.04. The second kappa shape index (κ2) is 8.84. The molecule has 1 aromatic rings. The van der Waals surface area contributed by atoms with Gasteiger partial charge in [-0.25, -0.2) is 0 Å². The van der Waals surface area contributed by atoms with Crippen molar-refractivity contribution in [2.45, 2.75) is 51.9 Å². The van der Waals surface area contributed by atoms with Crippen molar-refractivity contribution in [2.75, 3.05) is 13.1 Å². The van der Waals surface area contributed by atoms with Gasteiger partial charge in [0.1, 0.15) is 0 Å². The molecule has 2 atom stereocenters. The van der Waals surface area contributed by atoms with Gasteiger partial charge < -0.3 is 5.32 Å². The smallest absolute Gasteiger partial charge is 0.0177 e. The molecule has 1 saturated carbocycles. The molecule has 2 heteroatoms. The summed E-state index contributed by atoms with van der Waals surface area (Å²) in [5.41, 5.74) is 1.49. The van der Waals surface area contributed by atoms with Crippen LogP contribution in [0.1, 0.15) is 51.0 Å². The van der Waals surface area contributed by atoms with E-state index in [4.69, 9.17) is 0 Å². The summed E-state index contributed by atoms with van der Waals surface area (Å²) < 4.78 is 1.21. The molecule has 2 unspecified atom stereocenters. The van der Waals surface area contributed by atoms with Crippen molar-refractivity contribution < 1.29 is 0 Å². The highest BCUT2D eigenvalue weighted by atomic mass is 79.9. The fraction of sp³-hybridized carbons (Fsp3) is 0.667. The van der Waals surface area contributed by atoms with Gasteiger partial charge in [-0.05, 0) is 68.3 Å². The maximum absolute atomic E-state index is 3.65. The van der Waals surface area contributed by atoms with Gasteiger partial charge in [0.25, 0.3) is 0 Å². The van der Waals surface area contributed by atoms with Crippen LogP contribution >= 0.6 is 15.9 Å². The van der Waals surface area contributed by atoms with Gasteiger partial charge in [0, 0.05) is 4.47 Å². The fourth-order valence-electron chi connectivity index (χ4n) is 3.43. The fourth-order valence-corrected chi connectivity index (χ4v) is 3.88. The lowest BCUT2D eigenvalue weighted by Crippen LogP contribution is -2.29. The quantitative estimate of drug-likeness (QED) is 0.556. The van der Waals surface area contributed by atoms with E-state index in [9.17, 15) is 0 Å². The van der Waals surface area contributed by atoms with Crippen molar-refractivity contribution in [1.29, 1.82) is 0 Å². The molecule has 20 heavy (non-hydrogen) atoms. The minimum absolute atomic E-state index is 0.858. The molecular formula is C18H28BrN. The normalized spacial score (nSPS) is 23.5. The highest BCUT2D eigenvalue weighted by Gasteiger charge is 2.23. The lowest BCUT2D eigenvalue weighted by atomic mass is 9.83. The number of halogens is 1. The zero-order valence-electron chi connectivity index (χ0n) is 12.7. The van der Waals surface area contributed by atoms with Crippen LogP contribution < -0.4 is 5.32 Å². The van der Waals surface area contributed by atoms with Gasteiger partial charge in [-0.15, -0.1) is 0 Å². The maximum Gasteiger partial charge on any atom is 0.0177 e. The van der Waals surface area contributed by atoms with Crippen LogP contribution in [-0.4, -0.2) is 13.1 Å². The van der Waals surface area contributed by atoms with Crippen LogP contribution in [0.5, 0.6) is 0 Å². The van der Waals surface area contributed by atoms with Gasteiger partial charge in [-0.2, -0.15) is 0 Å². The molecule has 0 amide bonds. The van der Waals surface area contributed by atoms with E-state index in [1.807, 2.05) is 0 Å². The molecule has 0 spiro atoms. The Hall–Kier alpha value is -0.340. The van der Waals surface area contributed by atoms with Gasteiger partial charge in [0.15, 0.2) is 0 Å². The third kappa shape index (κ3) is 5.21. The van der Waals surface area contributed by atoms with Crippen molar-refractivity contribution in [2.24, 2.45) is 11.8 Å². The number of benzene rings is 1. The van der Waals surface area contributed by atoms with Crippen LogP contribution in [-0.2, 0) is 6.42 Å². The summed E-state index contributed by atoms with van der Waals surface area (Å²) in [4.78, 5) is 0. The molecule has 1 nitrogen and oxygen atoms in total. The van der Waals surface area contributed by atoms with Crippen LogP contribution in [0.4, 0.5) is 0 Å². The molecule has 1 aromatic carbocycles. The van der Waals surface area contributed by atoms with Crippen LogP contribution in [0.2, 0.25) is 0 Å². The highest BCUT2D eigenvalue weighted by molar-refractivity contribution is 9.10. The van der Waals surface area contributed by atoms with E-state index in [-0.39, 0.29) is 0 Å². The lowest BCUT2D eigenvalue weighted by molar-refractivity contribution is 0.298. The number of nitrogens with one attached hydrogen (secondary N) is 1. The Balaban J connectivity index is 1.96. The Morgan fingerprint density at radius 1 is 1.15 bits per heavy atom. The van der Waals surface area contributed by atoms with Crippen molar-refractivity contribution in [3.8, 4) is 0 Å². The second-order valence-electron chi connectivity index (χ2n) is 6.20. The lowest BCUT2D eigenvalue weighted by Gasteiger charge is -2.26. The molecule has 2 rings (SSSR count). The minimum atomic E-state index is 0.858. The first-order valence-electron chi connectivity index (χ1n) is 8.24. The third-order valence-corrected chi connectivity index (χ3v) is 5.03. The van der Waals surface area contributed by atoms with E-state index in [1.165, 1.54) is 68.1 Å². The maximum atomic E-state index is 3.65. The van der Waals surface area contributed by atoms with E-state index >= 15 is 0 Å². The second-order valence-corrected chi connectivity index (χ2v) is 7.11. The van der Waals surface area contributed by atoms with Gasteiger partial charge in [-0.1, -0.05) is 54.2 Å². The number of rotatable bonds is 6. The topological polar surface area (TPSA) is 12.0 Å². The predicted octanol–water partition coefficient (Wildman–Crippen LogP) is 5.19. The van der Waals surface area contributed by atoms with E-state index in [1.54, 1.807) is 0 Å². The predicted molar refractivity (Wildman–Crippen MR) is 91.1 cm³/mol. The molecule has 112 valence electrons. The van der Waals surface area contributed by atoms with Crippen LogP contribution in [0.3, 0.4) is 0 Å². The van der Waals surface area contributed by atoms with E-state index < -0.39 is 0 Å². The molecule has 0 aromatic heterocycles. The number of hydrogen-bond acceptors (Lipinski definition) is 1. The summed E-state index contributed by atoms with van der Waals surface area (Å²) in [6.07, 6.45) is 9.58. The van der Waals surface area contributed by atoms with Crippen molar-refractivity contribution in [1.82, 2.24) is 5.32 Å². The SMILES string of the molecule is CCCNCC1CCCCCC1Cc1cccc(Br)c1. The summed E-state index contributed by atoms with van der Waals surface area (Å²) in [5, 5.41) is 3.65. The van der Waals surface area contributed by atoms with Gasteiger partial charge in [0.2, 0.25) is 0 Å². The van der Waals surface area contributed by atoms with Crippen molar-refractivity contribution >= 4 is 15.9 Å². The molecule has 1 N–H and O–H groups in total. The Labute approximate surface area is 132 Å². The molecule has 1 aliphatic rings. The van der Waals surface area contributed by atoms with Crippen LogP contribution in [0, 0.1) is 11.8 Å². The molecule has 0 saturated heterocycles. The van der Waals surface area contributed by atoms with Crippen LogP contribution in [0.15, 0.2) is 28.7 Å². The largest absolute Gasteiger partial charge is 0.316 e. The minimum Gasteiger partial charge on any atom is -0.316 e. The van der Waals surface area contributed by atoms with Gasteiger partial charge >= 0.3 is 0 Å². The molecule has 0 radical (unpaired) electrons. The van der Waals surface area contributed by atoms with Crippen molar-refractivity contribution in [3.05, 3.63) is 34.3 Å². The summed E-state index contributed by atoms with van der Waals surface area (Å²) in [6.45, 7) is 4.63. The van der Waals surface area contributed by atoms with E-state index in [0.29, 0.717) is 0 Å². The van der Waals surface area contributed by atoms with Gasteiger partial charge in [0.05, 0.1) is 0 Å². The summed E-state index contributed by atoms with van der Waals surface area (Å²) >= 11 is 3.60. The standard InChI is InChI=1S/C18H28BrN/c1-2-11-20-14-17-9-5-3-4-8-16(17)12-15-7-6-10-18(19)13-15/h6-7,10,13,16-17,20H,2-5,8-9,11-12,14H2,1H3. The van der Waals surface area contributed by atoms with Crippen molar-refractivity contribution in [3.63, 3.8) is 0 Å². The highest BCUT2D eigenvalue weighted by Crippen LogP contribution is 2.31. The first kappa shape index (κ1) is 16.0. The number of hydrogen-bond donors (Lipinski definition) is 1. The molecular weight excluding hydrogens is 310 g/mol. The Morgan fingerprint density at radius 2 is 1.95 bits per heavy atom. The first-order chi connectivity index (χ1) is 9.79. The molecule has 1 fully saturated rings. The molecule has 0 bridgehead atoms. The zero-order valence-corrected chi connectivity index (χ0v) is 14.3. The van der Waals surface area contributed by atoms with Gasteiger partial charge in [-0.3, -0.25) is 0 Å². The van der Waals surface area contributed by atoms with Crippen LogP contribution in [0.25, 0.3) is 0 Å². The average molecular weight is 338 g/mol.